The number of carbonyl (C=O) groups is 1. The first-order valence-corrected chi connectivity index (χ1v) is 6.33. The van der Waals surface area contributed by atoms with Crippen LogP contribution in [-0.2, 0) is 0 Å². The van der Waals surface area contributed by atoms with Crippen molar-refractivity contribution < 1.29 is 4.79 Å². The average molecular weight is 276 g/mol. The van der Waals surface area contributed by atoms with Crippen LogP contribution in [0.2, 0.25) is 5.15 Å². The molecule has 0 aliphatic heterocycles. The van der Waals surface area contributed by atoms with E-state index in [4.69, 9.17) is 11.6 Å². The number of amides is 1. The molecule has 2 rings (SSSR count). The highest BCUT2D eigenvalue weighted by atomic mass is 35.5. The number of nitrogens with one attached hydrogen (secondary N) is 1. The molecule has 98 valence electrons. The van der Waals surface area contributed by atoms with Gasteiger partial charge in [-0.25, -0.2) is 4.98 Å². The molecule has 1 aromatic carbocycles. The summed E-state index contributed by atoms with van der Waals surface area (Å²) in [5.74, 6) is 0.00467. The number of nitrogens with zero attached hydrogens (tertiary/aromatic N) is 2. The molecule has 1 amide bonds. The standard InChI is InChI=1S/C14H14ClN3O/c1-9(2)10-5-3-4-6-11(10)18-14(19)12-7-16-8-13(15)17-12/h3-9H,1-2H3,(H,18,19). The topological polar surface area (TPSA) is 54.9 Å². The lowest BCUT2D eigenvalue weighted by Gasteiger charge is -2.13. The van der Waals surface area contributed by atoms with Gasteiger partial charge in [0.15, 0.2) is 0 Å². The predicted octanol–water partition coefficient (Wildman–Crippen LogP) is 3.51. The molecule has 1 aromatic heterocycles. The van der Waals surface area contributed by atoms with Gasteiger partial charge in [0.25, 0.3) is 5.91 Å². The normalized spacial score (nSPS) is 10.5. The molecule has 5 heteroatoms. The maximum absolute atomic E-state index is 12.1. The van der Waals surface area contributed by atoms with E-state index in [1.165, 1.54) is 12.4 Å². The van der Waals surface area contributed by atoms with E-state index in [1.807, 2.05) is 24.3 Å². The quantitative estimate of drug-likeness (QED) is 0.933. The minimum Gasteiger partial charge on any atom is -0.320 e. The van der Waals surface area contributed by atoms with Crippen LogP contribution >= 0.6 is 11.6 Å². The van der Waals surface area contributed by atoms with Gasteiger partial charge in [-0.15, -0.1) is 0 Å². The maximum atomic E-state index is 12.1. The number of halogens is 1. The summed E-state index contributed by atoms with van der Waals surface area (Å²) < 4.78 is 0. The molecule has 19 heavy (non-hydrogen) atoms. The fourth-order valence-corrected chi connectivity index (χ4v) is 1.90. The lowest BCUT2D eigenvalue weighted by atomic mass is 10.0. The van der Waals surface area contributed by atoms with Crippen molar-refractivity contribution in [1.82, 2.24) is 9.97 Å². The minimum atomic E-state index is -0.317. The summed E-state index contributed by atoms with van der Waals surface area (Å²) >= 11 is 5.72. The van der Waals surface area contributed by atoms with Crippen molar-refractivity contribution in [3.63, 3.8) is 0 Å². The van der Waals surface area contributed by atoms with Crippen LogP contribution < -0.4 is 5.32 Å². The number of aromatic nitrogens is 2. The highest BCUT2D eigenvalue weighted by Crippen LogP contribution is 2.24. The Morgan fingerprint density at radius 1 is 1.26 bits per heavy atom. The van der Waals surface area contributed by atoms with Crippen molar-refractivity contribution in [3.05, 3.63) is 53.1 Å². The SMILES string of the molecule is CC(C)c1ccccc1NC(=O)c1cncc(Cl)n1. The second kappa shape index (κ2) is 5.80. The van der Waals surface area contributed by atoms with Crippen LogP contribution in [0.1, 0.15) is 35.8 Å². The number of carbonyl (C=O) groups excluding carboxylic acids is 1. The van der Waals surface area contributed by atoms with Gasteiger partial charge in [0, 0.05) is 5.69 Å². The molecule has 0 saturated heterocycles. The number of benzene rings is 1. The zero-order valence-corrected chi connectivity index (χ0v) is 11.5. The Bertz CT molecular complexity index is 599. The monoisotopic (exact) mass is 275 g/mol. The smallest absolute Gasteiger partial charge is 0.275 e. The maximum Gasteiger partial charge on any atom is 0.275 e. The van der Waals surface area contributed by atoms with Crippen LogP contribution in [0.4, 0.5) is 5.69 Å². The summed E-state index contributed by atoms with van der Waals surface area (Å²) in [5, 5.41) is 3.03. The Labute approximate surface area is 116 Å². The van der Waals surface area contributed by atoms with Crippen LogP contribution in [0.3, 0.4) is 0 Å². The van der Waals surface area contributed by atoms with Crippen molar-refractivity contribution in [3.8, 4) is 0 Å². The Kier molecular flexibility index (Phi) is 4.12. The van der Waals surface area contributed by atoms with E-state index in [-0.39, 0.29) is 16.8 Å². The zero-order chi connectivity index (χ0) is 13.8. The van der Waals surface area contributed by atoms with E-state index >= 15 is 0 Å². The van der Waals surface area contributed by atoms with Crippen LogP contribution in [0.15, 0.2) is 36.7 Å². The number of para-hydroxylation sites is 1. The van der Waals surface area contributed by atoms with Crippen LogP contribution in [0, 0.1) is 0 Å². The van der Waals surface area contributed by atoms with Crippen molar-refractivity contribution in [2.75, 3.05) is 5.32 Å². The van der Waals surface area contributed by atoms with Gasteiger partial charge in [-0.05, 0) is 17.5 Å². The van der Waals surface area contributed by atoms with Gasteiger partial charge in [0.1, 0.15) is 10.8 Å². The van der Waals surface area contributed by atoms with E-state index in [0.29, 0.717) is 5.92 Å². The molecule has 0 fully saturated rings. The molecule has 1 N–H and O–H groups in total. The summed E-state index contributed by atoms with van der Waals surface area (Å²) in [6, 6.07) is 7.68. The average Bonchev–Trinajstić information content (AvgIpc) is 2.39. The lowest BCUT2D eigenvalue weighted by molar-refractivity contribution is 0.102. The molecule has 0 atom stereocenters. The Hall–Kier alpha value is -1.94. The third-order valence-corrected chi connectivity index (χ3v) is 2.85. The number of rotatable bonds is 3. The first kappa shape index (κ1) is 13.5. The van der Waals surface area contributed by atoms with Crippen molar-refractivity contribution in [2.24, 2.45) is 0 Å². The Balaban J connectivity index is 2.24. The highest BCUT2D eigenvalue weighted by molar-refractivity contribution is 6.29. The summed E-state index contributed by atoms with van der Waals surface area (Å²) in [5.41, 5.74) is 2.06. The molecular formula is C14H14ClN3O. The molecule has 0 bridgehead atoms. The van der Waals surface area contributed by atoms with Crippen molar-refractivity contribution in [1.29, 1.82) is 0 Å². The van der Waals surface area contributed by atoms with Gasteiger partial charge < -0.3 is 5.32 Å². The molecule has 2 aromatic rings. The van der Waals surface area contributed by atoms with Gasteiger partial charge in [0.2, 0.25) is 0 Å². The summed E-state index contributed by atoms with van der Waals surface area (Å²) in [7, 11) is 0. The fourth-order valence-electron chi connectivity index (χ4n) is 1.75. The van der Waals surface area contributed by atoms with E-state index in [2.05, 4.69) is 29.1 Å². The second-order valence-corrected chi connectivity index (χ2v) is 4.81. The molecule has 0 saturated carbocycles. The molecule has 0 aliphatic carbocycles. The van der Waals surface area contributed by atoms with Gasteiger partial charge in [0.05, 0.1) is 12.4 Å². The molecule has 0 unspecified atom stereocenters. The zero-order valence-electron chi connectivity index (χ0n) is 10.7. The van der Waals surface area contributed by atoms with Crippen LogP contribution in [-0.4, -0.2) is 15.9 Å². The third kappa shape index (κ3) is 3.29. The summed E-state index contributed by atoms with van der Waals surface area (Å²) in [6.07, 6.45) is 2.78. The summed E-state index contributed by atoms with van der Waals surface area (Å²) in [6.45, 7) is 4.15. The minimum absolute atomic E-state index is 0.199. The van der Waals surface area contributed by atoms with E-state index in [9.17, 15) is 4.79 Å². The number of anilines is 1. The van der Waals surface area contributed by atoms with Crippen LogP contribution in [0.5, 0.6) is 0 Å². The van der Waals surface area contributed by atoms with Gasteiger partial charge in [-0.2, -0.15) is 0 Å². The molecule has 4 nitrogen and oxygen atoms in total. The molecule has 0 spiro atoms. The number of hydrogen-bond acceptors (Lipinski definition) is 3. The first-order valence-electron chi connectivity index (χ1n) is 5.95. The van der Waals surface area contributed by atoms with Crippen LogP contribution in [0.25, 0.3) is 0 Å². The van der Waals surface area contributed by atoms with Crippen molar-refractivity contribution >= 4 is 23.2 Å². The van der Waals surface area contributed by atoms with E-state index in [0.717, 1.165) is 11.3 Å². The Morgan fingerprint density at radius 2 is 2.00 bits per heavy atom. The highest BCUT2D eigenvalue weighted by Gasteiger charge is 2.12. The van der Waals surface area contributed by atoms with Gasteiger partial charge in [-0.1, -0.05) is 43.6 Å². The van der Waals surface area contributed by atoms with E-state index < -0.39 is 0 Å². The Morgan fingerprint density at radius 3 is 2.68 bits per heavy atom. The molecule has 0 radical (unpaired) electrons. The lowest BCUT2D eigenvalue weighted by Crippen LogP contribution is -2.15. The van der Waals surface area contributed by atoms with E-state index in [1.54, 1.807) is 0 Å². The number of hydrogen-bond donors (Lipinski definition) is 1. The predicted molar refractivity (Wildman–Crippen MR) is 75.5 cm³/mol. The molecule has 1 heterocycles. The second-order valence-electron chi connectivity index (χ2n) is 4.42. The first-order chi connectivity index (χ1) is 9.08. The molecular weight excluding hydrogens is 262 g/mol. The fraction of sp³-hybridized carbons (Fsp3) is 0.214. The van der Waals surface area contributed by atoms with Gasteiger partial charge in [-0.3, -0.25) is 9.78 Å². The largest absolute Gasteiger partial charge is 0.320 e. The molecule has 0 aliphatic rings. The third-order valence-electron chi connectivity index (χ3n) is 2.67. The summed E-state index contributed by atoms with van der Waals surface area (Å²) in [4.78, 5) is 19.9. The van der Waals surface area contributed by atoms with Crippen molar-refractivity contribution in [2.45, 2.75) is 19.8 Å². The van der Waals surface area contributed by atoms with Gasteiger partial charge >= 0.3 is 0 Å².